The maximum absolute atomic E-state index is 11.1. The Labute approximate surface area is 171 Å². The van der Waals surface area contributed by atoms with Crippen LogP contribution in [0.5, 0.6) is 5.75 Å². The molecule has 6 heteroatoms. The van der Waals surface area contributed by atoms with Gasteiger partial charge < -0.3 is 14.6 Å². The van der Waals surface area contributed by atoms with Crippen molar-refractivity contribution in [3.63, 3.8) is 0 Å². The van der Waals surface area contributed by atoms with Gasteiger partial charge in [-0.1, -0.05) is 42.8 Å². The van der Waals surface area contributed by atoms with Crippen molar-refractivity contribution in [3.05, 3.63) is 64.7 Å². The quantitative estimate of drug-likeness (QED) is 0.608. The van der Waals surface area contributed by atoms with Crippen molar-refractivity contribution in [1.82, 2.24) is 4.90 Å². The number of hydrogen-bond acceptors (Lipinski definition) is 5. The Morgan fingerprint density at radius 2 is 1.93 bits per heavy atom. The lowest BCUT2D eigenvalue weighted by Gasteiger charge is -2.30. The summed E-state index contributed by atoms with van der Waals surface area (Å²) in [6, 6.07) is 15.3. The van der Waals surface area contributed by atoms with Crippen molar-refractivity contribution >= 4 is 17.6 Å². The van der Waals surface area contributed by atoms with Gasteiger partial charge in [0.05, 0.1) is 13.2 Å². The van der Waals surface area contributed by atoms with Crippen LogP contribution >= 0.6 is 11.6 Å². The van der Waals surface area contributed by atoms with E-state index in [9.17, 15) is 9.90 Å². The number of nitrogens with zero attached hydrogens (tertiary/aromatic N) is 1. The number of likely N-dealkylation sites (N-methyl/N-ethyl adjacent to an activating group) is 1. The van der Waals surface area contributed by atoms with Crippen LogP contribution in [0.1, 0.15) is 31.1 Å². The molecule has 0 heterocycles. The molecule has 152 valence electrons. The van der Waals surface area contributed by atoms with E-state index in [0.717, 1.165) is 24.1 Å². The number of esters is 1. The average Bonchev–Trinajstić information content (AvgIpc) is 2.70. The second-order valence-corrected chi connectivity index (χ2v) is 7.16. The maximum Gasteiger partial charge on any atom is 0.343 e. The molecule has 0 bridgehead atoms. The number of rotatable bonds is 10. The summed E-state index contributed by atoms with van der Waals surface area (Å²) in [5.41, 5.74) is 1.99. The predicted molar refractivity (Wildman–Crippen MR) is 111 cm³/mol. The lowest BCUT2D eigenvalue weighted by atomic mass is 10.0. The monoisotopic (exact) mass is 405 g/mol. The Kier molecular flexibility index (Phi) is 8.77. The first-order chi connectivity index (χ1) is 13.4. The highest BCUT2D eigenvalue weighted by atomic mass is 35.5. The molecule has 0 aliphatic heterocycles. The first-order valence-corrected chi connectivity index (χ1v) is 9.76. The molecule has 0 amide bonds. The van der Waals surface area contributed by atoms with E-state index in [4.69, 9.17) is 16.3 Å². The third-order valence-corrected chi connectivity index (χ3v) is 4.94. The summed E-state index contributed by atoms with van der Waals surface area (Å²) in [5.74, 6) is 0.222. The van der Waals surface area contributed by atoms with Crippen LogP contribution in [0.15, 0.2) is 48.5 Å². The SMILES string of the molecule is CCN(C[C@@H](O)c1cccc(Cl)c1)C(C)Cc1ccc(OCC(=O)OC)cc1. The molecule has 0 aliphatic carbocycles. The van der Waals surface area contributed by atoms with Crippen LogP contribution in [0.3, 0.4) is 0 Å². The number of aliphatic hydroxyl groups is 1. The molecule has 0 saturated heterocycles. The van der Waals surface area contributed by atoms with Gasteiger partial charge in [-0.2, -0.15) is 0 Å². The van der Waals surface area contributed by atoms with E-state index in [2.05, 4.69) is 23.5 Å². The Bertz CT molecular complexity index is 750. The maximum atomic E-state index is 11.1. The molecule has 1 unspecified atom stereocenters. The third-order valence-electron chi connectivity index (χ3n) is 4.71. The Morgan fingerprint density at radius 3 is 2.54 bits per heavy atom. The molecule has 5 nitrogen and oxygen atoms in total. The highest BCUT2D eigenvalue weighted by Gasteiger charge is 2.18. The van der Waals surface area contributed by atoms with Crippen molar-refractivity contribution in [2.75, 3.05) is 26.8 Å². The molecule has 0 aliphatic rings. The van der Waals surface area contributed by atoms with Crippen LogP contribution in [-0.2, 0) is 16.0 Å². The van der Waals surface area contributed by atoms with Crippen LogP contribution in [-0.4, -0.2) is 48.8 Å². The minimum Gasteiger partial charge on any atom is -0.482 e. The molecule has 1 N–H and O–H groups in total. The molecular formula is C22H28ClNO4. The standard InChI is InChI=1S/C22H28ClNO4/c1-4-24(14-21(25)18-6-5-7-19(23)13-18)16(2)12-17-8-10-20(11-9-17)28-15-22(26)27-3/h5-11,13,16,21,25H,4,12,14-15H2,1-3H3/t16?,21-/m1/s1. The van der Waals surface area contributed by atoms with Crippen molar-refractivity contribution in [3.8, 4) is 5.75 Å². The van der Waals surface area contributed by atoms with Crippen LogP contribution in [0.2, 0.25) is 5.02 Å². The molecule has 0 spiro atoms. The Morgan fingerprint density at radius 1 is 1.21 bits per heavy atom. The zero-order valence-electron chi connectivity index (χ0n) is 16.6. The van der Waals surface area contributed by atoms with Crippen LogP contribution in [0.4, 0.5) is 0 Å². The minimum absolute atomic E-state index is 0.0999. The lowest BCUT2D eigenvalue weighted by Crippen LogP contribution is -2.37. The van der Waals surface area contributed by atoms with E-state index in [-0.39, 0.29) is 12.6 Å². The second kappa shape index (κ2) is 11.1. The van der Waals surface area contributed by atoms with Gasteiger partial charge in [-0.3, -0.25) is 4.90 Å². The molecule has 0 aromatic heterocycles. The number of methoxy groups -OCH3 is 1. The summed E-state index contributed by atoms with van der Waals surface area (Å²) < 4.78 is 9.93. The topological polar surface area (TPSA) is 59.0 Å². The number of aliphatic hydroxyl groups excluding tert-OH is 1. The van der Waals surface area contributed by atoms with Gasteiger partial charge in [0, 0.05) is 17.6 Å². The van der Waals surface area contributed by atoms with Gasteiger partial charge in [0.25, 0.3) is 0 Å². The largest absolute Gasteiger partial charge is 0.482 e. The predicted octanol–water partition coefficient (Wildman–Crippen LogP) is 3.88. The van der Waals surface area contributed by atoms with Gasteiger partial charge in [-0.05, 0) is 55.3 Å². The summed E-state index contributed by atoms with van der Waals surface area (Å²) in [5, 5.41) is 11.2. The van der Waals surface area contributed by atoms with Crippen molar-refractivity contribution in [2.45, 2.75) is 32.4 Å². The number of carbonyl (C=O) groups excluding carboxylic acids is 1. The molecule has 2 aromatic rings. The smallest absolute Gasteiger partial charge is 0.343 e. The molecule has 0 radical (unpaired) electrons. The van der Waals surface area contributed by atoms with Crippen molar-refractivity contribution in [2.24, 2.45) is 0 Å². The Balaban J connectivity index is 1.92. The first-order valence-electron chi connectivity index (χ1n) is 9.39. The van der Waals surface area contributed by atoms with Crippen molar-refractivity contribution < 1.29 is 19.4 Å². The van der Waals surface area contributed by atoms with E-state index in [0.29, 0.717) is 17.3 Å². The summed E-state index contributed by atoms with van der Waals surface area (Å²) in [6.45, 7) is 5.51. The highest BCUT2D eigenvalue weighted by molar-refractivity contribution is 6.30. The fraction of sp³-hybridized carbons (Fsp3) is 0.409. The highest BCUT2D eigenvalue weighted by Crippen LogP contribution is 2.21. The van der Waals surface area contributed by atoms with E-state index in [1.54, 1.807) is 12.1 Å². The fourth-order valence-electron chi connectivity index (χ4n) is 3.06. The van der Waals surface area contributed by atoms with E-state index in [1.807, 2.05) is 36.4 Å². The molecule has 28 heavy (non-hydrogen) atoms. The molecule has 2 aromatic carbocycles. The number of carbonyl (C=O) groups is 1. The fourth-order valence-corrected chi connectivity index (χ4v) is 3.25. The van der Waals surface area contributed by atoms with Crippen molar-refractivity contribution in [1.29, 1.82) is 0 Å². The molecule has 2 rings (SSSR count). The molecule has 0 fully saturated rings. The van der Waals surface area contributed by atoms with Crippen LogP contribution < -0.4 is 4.74 Å². The summed E-state index contributed by atoms with van der Waals surface area (Å²) >= 11 is 6.03. The molecule has 2 atom stereocenters. The number of halogens is 1. The lowest BCUT2D eigenvalue weighted by molar-refractivity contribution is -0.142. The van der Waals surface area contributed by atoms with Gasteiger partial charge in [-0.25, -0.2) is 4.79 Å². The van der Waals surface area contributed by atoms with Gasteiger partial charge in [0.2, 0.25) is 0 Å². The van der Waals surface area contributed by atoms with E-state index >= 15 is 0 Å². The summed E-state index contributed by atoms with van der Waals surface area (Å²) in [4.78, 5) is 13.4. The number of hydrogen-bond donors (Lipinski definition) is 1. The summed E-state index contributed by atoms with van der Waals surface area (Å²) in [7, 11) is 1.33. The van der Waals surface area contributed by atoms with Gasteiger partial charge in [0.1, 0.15) is 5.75 Å². The zero-order chi connectivity index (χ0) is 20.5. The Hall–Kier alpha value is -2.08. The molecule has 0 saturated carbocycles. The average molecular weight is 406 g/mol. The number of benzene rings is 2. The molecular weight excluding hydrogens is 378 g/mol. The van der Waals surface area contributed by atoms with Gasteiger partial charge >= 0.3 is 5.97 Å². The van der Waals surface area contributed by atoms with Crippen LogP contribution in [0.25, 0.3) is 0 Å². The third kappa shape index (κ3) is 6.82. The first kappa shape index (κ1) is 22.2. The van der Waals surface area contributed by atoms with E-state index in [1.165, 1.54) is 7.11 Å². The van der Waals surface area contributed by atoms with Gasteiger partial charge in [-0.15, -0.1) is 0 Å². The number of ether oxygens (including phenoxy) is 2. The normalized spacial score (nSPS) is 13.2. The second-order valence-electron chi connectivity index (χ2n) is 6.72. The van der Waals surface area contributed by atoms with Crippen LogP contribution in [0, 0.1) is 0 Å². The van der Waals surface area contributed by atoms with Gasteiger partial charge in [0.15, 0.2) is 6.61 Å². The zero-order valence-corrected chi connectivity index (χ0v) is 17.4. The van der Waals surface area contributed by atoms with E-state index < -0.39 is 12.1 Å². The minimum atomic E-state index is -0.588. The summed E-state index contributed by atoms with van der Waals surface area (Å²) in [6.07, 6.45) is 0.253.